The number of benzene rings is 2. The Labute approximate surface area is 132 Å². The van der Waals surface area contributed by atoms with Gasteiger partial charge in [0.15, 0.2) is 0 Å². The molecule has 3 rings (SSSR count). The molecule has 0 aliphatic rings. The lowest BCUT2D eigenvalue weighted by atomic mass is 10.2. The van der Waals surface area contributed by atoms with Crippen LogP contribution in [0, 0.1) is 0 Å². The van der Waals surface area contributed by atoms with Crippen molar-refractivity contribution in [1.29, 1.82) is 0 Å². The summed E-state index contributed by atoms with van der Waals surface area (Å²) in [5, 5.41) is 4.44. The number of fused-ring (bicyclic) bond motifs is 1. The standard InChI is InChI=1S/C17H15BrN2O/c18-14-4-1-5-15(11-14)19-9-10-21-16-7-6-13-3-2-8-20-17(13)12-16/h1-8,11-12,19H,9-10H2. The van der Waals surface area contributed by atoms with Crippen molar-refractivity contribution in [3.8, 4) is 5.75 Å². The van der Waals surface area contributed by atoms with Crippen LogP contribution in [0.1, 0.15) is 0 Å². The quantitative estimate of drug-likeness (QED) is 0.693. The van der Waals surface area contributed by atoms with Gasteiger partial charge in [0.1, 0.15) is 12.4 Å². The Morgan fingerprint density at radius 1 is 1.05 bits per heavy atom. The smallest absolute Gasteiger partial charge is 0.121 e. The summed E-state index contributed by atoms with van der Waals surface area (Å²) < 4.78 is 6.82. The van der Waals surface area contributed by atoms with Gasteiger partial charge in [-0.25, -0.2) is 0 Å². The number of anilines is 1. The second-order valence-electron chi connectivity index (χ2n) is 4.64. The minimum atomic E-state index is 0.602. The molecule has 4 heteroatoms. The van der Waals surface area contributed by atoms with E-state index in [9.17, 15) is 0 Å². The number of halogens is 1. The highest BCUT2D eigenvalue weighted by atomic mass is 79.9. The Balaban J connectivity index is 1.54. The second kappa shape index (κ2) is 6.59. The van der Waals surface area contributed by atoms with E-state index in [0.717, 1.165) is 33.4 Å². The van der Waals surface area contributed by atoms with Crippen molar-refractivity contribution in [1.82, 2.24) is 4.98 Å². The highest BCUT2D eigenvalue weighted by Gasteiger charge is 1.98. The molecule has 0 fully saturated rings. The van der Waals surface area contributed by atoms with Crippen molar-refractivity contribution < 1.29 is 4.74 Å². The molecular weight excluding hydrogens is 328 g/mol. The zero-order chi connectivity index (χ0) is 14.5. The van der Waals surface area contributed by atoms with Gasteiger partial charge in [-0.3, -0.25) is 4.98 Å². The van der Waals surface area contributed by atoms with E-state index in [0.29, 0.717) is 6.61 Å². The third kappa shape index (κ3) is 3.73. The van der Waals surface area contributed by atoms with Crippen LogP contribution in [0.15, 0.2) is 65.3 Å². The van der Waals surface area contributed by atoms with Crippen molar-refractivity contribution in [2.45, 2.75) is 0 Å². The Hall–Kier alpha value is -2.07. The summed E-state index contributed by atoms with van der Waals surface area (Å²) >= 11 is 3.45. The lowest BCUT2D eigenvalue weighted by Gasteiger charge is -2.09. The van der Waals surface area contributed by atoms with Crippen LogP contribution in [-0.4, -0.2) is 18.1 Å². The van der Waals surface area contributed by atoms with E-state index in [4.69, 9.17) is 4.74 Å². The molecule has 0 bridgehead atoms. The predicted octanol–water partition coefficient (Wildman–Crippen LogP) is 4.49. The molecule has 0 saturated heterocycles. The molecule has 0 aliphatic carbocycles. The van der Waals surface area contributed by atoms with E-state index in [1.165, 1.54) is 0 Å². The summed E-state index contributed by atoms with van der Waals surface area (Å²) in [7, 11) is 0. The second-order valence-corrected chi connectivity index (χ2v) is 5.56. The molecule has 106 valence electrons. The fraction of sp³-hybridized carbons (Fsp3) is 0.118. The average molecular weight is 343 g/mol. The van der Waals surface area contributed by atoms with Crippen molar-refractivity contribution >= 4 is 32.5 Å². The van der Waals surface area contributed by atoms with Gasteiger partial charge < -0.3 is 10.1 Å². The number of pyridine rings is 1. The van der Waals surface area contributed by atoms with E-state index < -0.39 is 0 Å². The minimum Gasteiger partial charge on any atom is -0.492 e. The van der Waals surface area contributed by atoms with Crippen LogP contribution in [-0.2, 0) is 0 Å². The maximum absolute atomic E-state index is 5.75. The highest BCUT2D eigenvalue weighted by molar-refractivity contribution is 9.10. The molecule has 2 aromatic carbocycles. The first-order valence-electron chi connectivity index (χ1n) is 6.78. The number of rotatable bonds is 5. The van der Waals surface area contributed by atoms with Crippen molar-refractivity contribution in [2.24, 2.45) is 0 Å². The molecule has 0 aliphatic heterocycles. The zero-order valence-electron chi connectivity index (χ0n) is 11.4. The summed E-state index contributed by atoms with van der Waals surface area (Å²) in [6, 6.07) is 18.0. The molecule has 0 amide bonds. The number of nitrogens with zero attached hydrogens (tertiary/aromatic N) is 1. The molecule has 3 aromatic rings. The van der Waals surface area contributed by atoms with Crippen LogP contribution in [0.2, 0.25) is 0 Å². The van der Waals surface area contributed by atoms with Gasteiger partial charge in [-0.15, -0.1) is 0 Å². The van der Waals surface area contributed by atoms with Gasteiger partial charge in [0.25, 0.3) is 0 Å². The molecule has 1 aromatic heterocycles. The van der Waals surface area contributed by atoms with E-state index >= 15 is 0 Å². The first kappa shape index (κ1) is 13.9. The topological polar surface area (TPSA) is 34.1 Å². The molecule has 0 saturated carbocycles. The minimum absolute atomic E-state index is 0.602. The summed E-state index contributed by atoms with van der Waals surface area (Å²) in [5.41, 5.74) is 2.03. The van der Waals surface area contributed by atoms with Crippen LogP contribution in [0.4, 0.5) is 5.69 Å². The first-order chi connectivity index (χ1) is 10.3. The Kier molecular flexibility index (Phi) is 4.36. The molecule has 21 heavy (non-hydrogen) atoms. The Morgan fingerprint density at radius 2 is 2.00 bits per heavy atom. The maximum Gasteiger partial charge on any atom is 0.121 e. The Bertz CT molecular complexity index is 745. The SMILES string of the molecule is Brc1cccc(NCCOc2ccc3cccnc3c2)c1. The van der Waals surface area contributed by atoms with Gasteiger partial charge in [0.2, 0.25) is 0 Å². The summed E-state index contributed by atoms with van der Waals surface area (Å²) in [6.45, 7) is 1.35. The van der Waals surface area contributed by atoms with Gasteiger partial charge in [-0.1, -0.05) is 28.1 Å². The van der Waals surface area contributed by atoms with Crippen LogP contribution in [0.5, 0.6) is 5.75 Å². The van der Waals surface area contributed by atoms with Crippen LogP contribution >= 0.6 is 15.9 Å². The van der Waals surface area contributed by atoms with Gasteiger partial charge in [0.05, 0.1) is 5.52 Å². The largest absolute Gasteiger partial charge is 0.492 e. The van der Waals surface area contributed by atoms with E-state index in [-0.39, 0.29) is 0 Å². The normalized spacial score (nSPS) is 10.5. The van der Waals surface area contributed by atoms with Gasteiger partial charge in [-0.2, -0.15) is 0 Å². The number of aromatic nitrogens is 1. The van der Waals surface area contributed by atoms with Crippen LogP contribution in [0.3, 0.4) is 0 Å². The average Bonchev–Trinajstić information content (AvgIpc) is 2.51. The fourth-order valence-electron chi connectivity index (χ4n) is 2.10. The highest BCUT2D eigenvalue weighted by Crippen LogP contribution is 2.19. The van der Waals surface area contributed by atoms with Crippen molar-refractivity contribution in [2.75, 3.05) is 18.5 Å². The van der Waals surface area contributed by atoms with E-state index in [2.05, 4.69) is 26.2 Å². The lowest BCUT2D eigenvalue weighted by molar-refractivity contribution is 0.333. The maximum atomic E-state index is 5.75. The van der Waals surface area contributed by atoms with Crippen LogP contribution < -0.4 is 10.1 Å². The molecule has 0 radical (unpaired) electrons. The van der Waals surface area contributed by atoms with E-state index in [1.54, 1.807) is 6.20 Å². The first-order valence-corrected chi connectivity index (χ1v) is 7.57. The summed E-state index contributed by atoms with van der Waals surface area (Å²) in [6.07, 6.45) is 1.79. The summed E-state index contributed by atoms with van der Waals surface area (Å²) in [5.74, 6) is 0.845. The molecule has 3 nitrogen and oxygen atoms in total. The van der Waals surface area contributed by atoms with Gasteiger partial charge in [0, 0.05) is 34.4 Å². The van der Waals surface area contributed by atoms with Gasteiger partial charge in [-0.05, 0) is 36.4 Å². The van der Waals surface area contributed by atoms with E-state index in [1.807, 2.05) is 54.6 Å². The molecular formula is C17H15BrN2O. The molecule has 0 unspecified atom stereocenters. The zero-order valence-corrected chi connectivity index (χ0v) is 13.0. The van der Waals surface area contributed by atoms with Crippen LogP contribution in [0.25, 0.3) is 10.9 Å². The molecule has 1 N–H and O–H groups in total. The van der Waals surface area contributed by atoms with Crippen molar-refractivity contribution in [3.05, 3.63) is 65.3 Å². The Morgan fingerprint density at radius 3 is 2.90 bits per heavy atom. The fourth-order valence-corrected chi connectivity index (χ4v) is 2.50. The summed E-state index contributed by atoms with van der Waals surface area (Å²) in [4.78, 5) is 4.33. The monoisotopic (exact) mass is 342 g/mol. The van der Waals surface area contributed by atoms with Crippen molar-refractivity contribution in [3.63, 3.8) is 0 Å². The molecule has 0 atom stereocenters. The predicted molar refractivity (Wildman–Crippen MR) is 89.9 cm³/mol. The number of hydrogen-bond acceptors (Lipinski definition) is 3. The number of nitrogens with one attached hydrogen (secondary N) is 1. The third-order valence-electron chi connectivity index (χ3n) is 3.10. The number of hydrogen-bond donors (Lipinski definition) is 1. The molecule has 0 spiro atoms. The molecule has 1 heterocycles. The number of ether oxygens (including phenoxy) is 1. The van der Waals surface area contributed by atoms with Gasteiger partial charge >= 0.3 is 0 Å². The third-order valence-corrected chi connectivity index (χ3v) is 3.60. The lowest BCUT2D eigenvalue weighted by Crippen LogP contribution is -2.11.